The molecule has 0 aliphatic heterocycles. The van der Waals surface area contributed by atoms with Crippen molar-refractivity contribution in [2.75, 3.05) is 12.4 Å². The third kappa shape index (κ3) is 4.31. The number of aryl methyl sites for hydroxylation is 1. The van der Waals surface area contributed by atoms with Crippen molar-refractivity contribution in [3.63, 3.8) is 0 Å². The van der Waals surface area contributed by atoms with Gasteiger partial charge in [0.15, 0.2) is 5.11 Å². The molecule has 27 heavy (non-hydrogen) atoms. The van der Waals surface area contributed by atoms with Crippen molar-refractivity contribution in [2.45, 2.75) is 25.7 Å². The molecule has 142 valence electrons. The second-order valence-corrected chi connectivity index (χ2v) is 8.40. The number of benzene rings is 1. The summed E-state index contributed by atoms with van der Waals surface area (Å²) in [6, 6.07) is 4.98. The van der Waals surface area contributed by atoms with Gasteiger partial charge in [0, 0.05) is 10.4 Å². The molecule has 1 aliphatic carbocycles. The predicted octanol–water partition coefficient (Wildman–Crippen LogP) is 3.62. The van der Waals surface area contributed by atoms with Crippen molar-refractivity contribution in [2.24, 2.45) is 5.73 Å². The highest BCUT2D eigenvalue weighted by molar-refractivity contribution is 9.10. The van der Waals surface area contributed by atoms with Gasteiger partial charge in [-0.05, 0) is 77.6 Å². The fraction of sp³-hybridized carbons (Fsp3) is 0.278. The number of nitrogens with one attached hydrogen (secondary N) is 2. The van der Waals surface area contributed by atoms with Gasteiger partial charge in [-0.25, -0.2) is 0 Å². The summed E-state index contributed by atoms with van der Waals surface area (Å²) in [5, 5.41) is 6.31. The Labute approximate surface area is 174 Å². The van der Waals surface area contributed by atoms with E-state index < -0.39 is 5.91 Å². The Hall–Kier alpha value is -1.97. The number of hydrogen-bond acceptors (Lipinski definition) is 5. The van der Waals surface area contributed by atoms with Crippen LogP contribution in [0.25, 0.3) is 0 Å². The zero-order valence-electron chi connectivity index (χ0n) is 14.6. The van der Waals surface area contributed by atoms with Gasteiger partial charge in [0.25, 0.3) is 11.8 Å². The average Bonchev–Trinajstić information content (AvgIpc) is 2.99. The van der Waals surface area contributed by atoms with Gasteiger partial charge in [-0.2, -0.15) is 0 Å². The number of thiocarbonyl (C=S) groups is 1. The maximum atomic E-state index is 12.4. The van der Waals surface area contributed by atoms with Crippen LogP contribution in [-0.4, -0.2) is 24.0 Å². The van der Waals surface area contributed by atoms with Crippen LogP contribution >= 0.6 is 39.5 Å². The van der Waals surface area contributed by atoms with Crippen LogP contribution in [0.2, 0.25) is 0 Å². The first-order chi connectivity index (χ1) is 12.9. The highest BCUT2D eigenvalue weighted by atomic mass is 79.9. The molecule has 0 saturated heterocycles. The molecule has 1 aromatic heterocycles. The van der Waals surface area contributed by atoms with Gasteiger partial charge in [-0.3, -0.25) is 14.9 Å². The number of carbonyl (C=O) groups is 2. The largest absolute Gasteiger partial charge is 0.496 e. The van der Waals surface area contributed by atoms with E-state index in [1.807, 2.05) is 0 Å². The minimum absolute atomic E-state index is 0.119. The smallest absolute Gasteiger partial charge is 0.257 e. The summed E-state index contributed by atoms with van der Waals surface area (Å²) < 4.78 is 5.82. The summed E-state index contributed by atoms with van der Waals surface area (Å²) in [6.07, 6.45) is 3.90. The third-order valence-corrected chi connectivity index (χ3v) is 6.32. The summed E-state index contributed by atoms with van der Waals surface area (Å²) in [7, 11) is 1.55. The molecular weight excluding hydrogens is 450 g/mol. The van der Waals surface area contributed by atoms with E-state index in [9.17, 15) is 9.59 Å². The molecule has 1 aromatic carbocycles. The molecule has 0 saturated carbocycles. The zero-order chi connectivity index (χ0) is 19.6. The monoisotopic (exact) mass is 467 g/mol. The average molecular weight is 468 g/mol. The van der Waals surface area contributed by atoms with E-state index in [1.165, 1.54) is 11.3 Å². The van der Waals surface area contributed by atoms with Gasteiger partial charge in [-0.1, -0.05) is 0 Å². The molecule has 1 aliphatic rings. The number of ether oxygens (including phenoxy) is 1. The molecule has 4 N–H and O–H groups in total. The SMILES string of the molecule is COc1ccc(C(=O)NC(=S)Nc2sc3c(c2C(N)=O)CCCC3)cc1Br. The number of primary amides is 1. The Morgan fingerprint density at radius 3 is 2.70 bits per heavy atom. The van der Waals surface area contributed by atoms with E-state index in [0.29, 0.717) is 26.4 Å². The number of hydrogen-bond donors (Lipinski definition) is 3. The fourth-order valence-electron chi connectivity index (χ4n) is 3.03. The molecule has 0 radical (unpaired) electrons. The molecule has 6 nitrogen and oxygen atoms in total. The molecule has 0 unspecified atom stereocenters. The Balaban J connectivity index is 1.74. The van der Waals surface area contributed by atoms with Crippen LogP contribution in [0.4, 0.5) is 5.00 Å². The number of nitrogens with two attached hydrogens (primary N) is 1. The lowest BCUT2D eigenvalue weighted by Crippen LogP contribution is -2.34. The molecule has 0 fully saturated rings. The number of methoxy groups -OCH3 is 1. The molecule has 2 amide bonds. The van der Waals surface area contributed by atoms with Crippen molar-refractivity contribution >= 4 is 61.4 Å². The number of carbonyl (C=O) groups excluding carboxylic acids is 2. The van der Waals surface area contributed by atoms with Crippen LogP contribution in [0.15, 0.2) is 22.7 Å². The fourth-order valence-corrected chi connectivity index (χ4v) is 5.13. The lowest BCUT2D eigenvalue weighted by Gasteiger charge is -2.12. The van der Waals surface area contributed by atoms with Gasteiger partial charge < -0.3 is 15.8 Å². The minimum atomic E-state index is -0.481. The van der Waals surface area contributed by atoms with E-state index in [0.717, 1.165) is 36.1 Å². The van der Waals surface area contributed by atoms with Crippen LogP contribution in [0.1, 0.15) is 44.0 Å². The number of amides is 2. The standard InChI is InChI=1S/C18H18BrN3O3S2/c1-25-12-7-6-9(8-11(12)19)16(24)21-18(26)22-17-14(15(20)23)10-4-2-3-5-13(10)27-17/h6-8H,2-5H2,1H3,(H2,20,23)(H2,21,22,24,26). The Kier molecular flexibility index (Phi) is 6.13. The predicted molar refractivity (Wildman–Crippen MR) is 114 cm³/mol. The van der Waals surface area contributed by atoms with Crippen LogP contribution in [0, 0.1) is 0 Å². The van der Waals surface area contributed by atoms with Gasteiger partial charge in [0.05, 0.1) is 17.1 Å². The first-order valence-electron chi connectivity index (χ1n) is 8.31. The van der Waals surface area contributed by atoms with Crippen LogP contribution in [0.5, 0.6) is 5.75 Å². The van der Waals surface area contributed by atoms with E-state index in [2.05, 4.69) is 26.6 Å². The highest BCUT2D eigenvalue weighted by Crippen LogP contribution is 2.37. The maximum absolute atomic E-state index is 12.4. The van der Waals surface area contributed by atoms with E-state index in [4.69, 9.17) is 22.7 Å². The molecule has 9 heteroatoms. The van der Waals surface area contributed by atoms with E-state index in [1.54, 1.807) is 25.3 Å². The number of rotatable bonds is 4. The molecule has 0 atom stereocenters. The summed E-state index contributed by atoms with van der Waals surface area (Å²) in [5.41, 5.74) is 7.49. The lowest BCUT2D eigenvalue weighted by atomic mass is 9.95. The molecule has 1 heterocycles. The van der Waals surface area contributed by atoms with Crippen molar-refractivity contribution < 1.29 is 14.3 Å². The van der Waals surface area contributed by atoms with Gasteiger partial charge in [0.1, 0.15) is 10.8 Å². The molecule has 0 spiro atoms. The highest BCUT2D eigenvalue weighted by Gasteiger charge is 2.24. The topological polar surface area (TPSA) is 93.4 Å². The third-order valence-electron chi connectivity index (χ3n) is 4.29. The number of thiophene rings is 1. The summed E-state index contributed by atoms with van der Waals surface area (Å²) in [5.74, 6) is -0.217. The van der Waals surface area contributed by atoms with E-state index in [-0.39, 0.29) is 11.0 Å². The number of fused-ring (bicyclic) bond motifs is 1. The molecule has 3 rings (SSSR count). The second-order valence-electron chi connectivity index (χ2n) is 6.04. The van der Waals surface area contributed by atoms with Gasteiger partial charge in [0.2, 0.25) is 0 Å². The Morgan fingerprint density at radius 2 is 2.04 bits per heavy atom. The van der Waals surface area contributed by atoms with Crippen LogP contribution in [-0.2, 0) is 12.8 Å². The minimum Gasteiger partial charge on any atom is -0.496 e. The second kappa shape index (κ2) is 8.37. The Morgan fingerprint density at radius 1 is 1.30 bits per heavy atom. The number of anilines is 1. The van der Waals surface area contributed by atoms with Crippen LogP contribution in [0.3, 0.4) is 0 Å². The van der Waals surface area contributed by atoms with Crippen molar-refractivity contribution in [1.29, 1.82) is 0 Å². The maximum Gasteiger partial charge on any atom is 0.257 e. The molecular formula is C18H18BrN3O3S2. The summed E-state index contributed by atoms with van der Waals surface area (Å²) in [6.45, 7) is 0. The van der Waals surface area contributed by atoms with Crippen molar-refractivity contribution in [3.8, 4) is 5.75 Å². The van der Waals surface area contributed by atoms with Crippen LogP contribution < -0.4 is 21.1 Å². The van der Waals surface area contributed by atoms with Crippen molar-refractivity contribution in [3.05, 3.63) is 44.2 Å². The summed E-state index contributed by atoms with van der Waals surface area (Å²) in [4.78, 5) is 25.5. The normalized spacial score (nSPS) is 12.8. The number of halogens is 1. The van der Waals surface area contributed by atoms with Crippen molar-refractivity contribution in [1.82, 2.24) is 5.32 Å². The first-order valence-corrected chi connectivity index (χ1v) is 10.3. The van der Waals surface area contributed by atoms with E-state index >= 15 is 0 Å². The molecule has 0 bridgehead atoms. The first kappa shape index (κ1) is 19.8. The zero-order valence-corrected chi connectivity index (χ0v) is 17.8. The molecule has 2 aromatic rings. The Bertz CT molecular complexity index is 927. The van der Waals surface area contributed by atoms with Gasteiger partial charge >= 0.3 is 0 Å². The lowest BCUT2D eigenvalue weighted by molar-refractivity contribution is 0.0975. The quantitative estimate of drug-likeness (QED) is 0.596. The van der Waals surface area contributed by atoms with Gasteiger partial charge in [-0.15, -0.1) is 11.3 Å². The summed E-state index contributed by atoms with van der Waals surface area (Å²) >= 11 is 10.1.